The first-order valence-electron chi connectivity index (χ1n) is 5.93. The van der Waals surface area contributed by atoms with Crippen molar-refractivity contribution in [2.24, 2.45) is 0 Å². The first-order chi connectivity index (χ1) is 9.60. The smallest absolute Gasteiger partial charge is 0.255 e. The number of benzene rings is 1. The van der Waals surface area contributed by atoms with Crippen molar-refractivity contribution in [1.29, 1.82) is 0 Å². The lowest BCUT2D eigenvalue weighted by Crippen LogP contribution is -2.05. The summed E-state index contributed by atoms with van der Waals surface area (Å²) in [5.74, 6) is 0.631. The van der Waals surface area contributed by atoms with Crippen LogP contribution < -0.4 is 5.73 Å². The average molecular weight is 289 g/mol. The average Bonchev–Trinajstić information content (AvgIpc) is 2.84. The lowest BCUT2D eigenvalue weighted by Gasteiger charge is -2.09. The number of aryl methyl sites for hydroxylation is 1. The monoisotopic (exact) mass is 289 g/mol. The van der Waals surface area contributed by atoms with Crippen molar-refractivity contribution in [2.45, 2.75) is 12.1 Å². The molecule has 1 aromatic carbocycles. The molecular weight excluding hydrogens is 277 g/mol. The quantitative estimate of drug-likeness (QED) is 0.734. The van der Waals surface area contributed by atoms with Crippen LogP contribution in [0, 0.1) is 12.7 Å². The van der Waals surface area contributed by atoms with Crippen LogP contribution in [-0.2, 0) is 0 Å². The molecular formula is C13H12FN5S. The van der Waals surface area contributed by atoms with Crippen molar-refractivity contribution in [2.75, 3.05) is 12.0 Å². The number of nitrogen functional groups attached to an aromatic ring is 1. The van der Waals surface area contributed by atoms with Gasteiger partial charge in [0.15, 0.2) is 0 Å². The summed E-state index contributed by atoms with van der Waals surface area (Å²) in [6.45, 7) is 1.85. The minimum Gasteiger partial charge on any atom is -0.383 e. The standard InChI is InChI=1S/C13H12FN5S/c1-7-10(8-3-5-9(14)6-4-8)11(15)19-12(16-7)17-13(18-19)20-2/h3-6H,15H2,1-2H3. The van der Waals surface area contributed by atoms with E-state index in [4.69, 9.17) is 5.73 Å². The summed E-state index contributed by atoms with van der Waals surface area (Å²) in [6.07, 6.45) is 1.89. The molecule has 7 heteroatoms. The summed E-state index contributed by atoms with van der Waals surface area (Å²) >= 11 is 1.42. The van der Waals surface area contributed by atoms with Gasteiger partial charge < -0.3 is 5.73 Å². The maximum Gasteiger partial charge on any atom is 0.255 e. The number of aromatic nitrogens is 4. The van der Waals surface area contributed by atoms with Crippen molar-refractivity contribution in [3.8, 4) is 11.1 Å². The van der Waals surface area contributed by atoms with Crippen molar-refractivity contribution in [3.63, 3.8) is 0 Å². The van der Waals surface area contributed by atoms with Gasteiger partial charge in [0.05, 0.1) is 5.69 Å². The highest BCUT2D eigenvalue weighted by molar-refractivity contribution is 7.98. The van der Waals surface area contributed by atoms with Crippen molar-refractivity contribution < 1.29 is 4.39 Å². The first-order valence-corrected chi connectivity index (χ1v) is 7.15. The van der Waals surface area contributed by atoms with E-state index in [2.05, 4.69) is 15.1 Å². The van der Waals surface area contributed by atoms with Crippen LogP contribution in [0.25, 0.3) is 16.9 Å². The highest BCUT2D eigenvalue weighted by Crippen LogP contribution is 2.29. The molecule has 0 atom stereocenters. The number of fused-ring (bicyclic) bond motifs is 1. The zero-order chi connectivity index (χ0) is 14.3. The Hall–Kier alpha value is -2.15. The van der Waals surface area contributed by atoms with E-state index in [1.54, 1.807) is 12.1 Å². The molecule has 5 nitrogen and oxygen atoms in total. The van der Waals surface area contributed by atoms with Crippen LogP contribution in [0.1, 0.15) is 5.69 Å². The zero-order valence-corrected chi connectivity index (χ0v) is 11.8. The number of hydrogen-bond donors (Lipinski definition) is 1. The van der Waals surface area contributed by atoms with Crippen LogP contribution in [0.15, 0.2) is 29.4 Å². The topological polar surface area (TPSA) is 69.1 Å². The van der Waals surface area contributed by atoms with Gasteiger partial charge in [0.2, 0.25) is 5.16 Å². The Morgan fingerprint density at radius 2 is 1.90 bits per heavy atom. The number of nitrogens with zero attached hydrogens (tertiary/aromatic N) is 4. The molecule has 0 spiro atoms. The van der Waals surface area contributed by atoms with E-state index in [0.29, 0.717) is 16.8 Å². The summed E-state index contributed by atoms with van der Waals surface area (Å²) in [4.78, 5) is 8.67. The predicted molar refractivity (Wildman–Crippen MR) is 77.1 cm³/mol. The number of halogens is 1. The van der Waals surface area contributed by atoms with E-state index in [-0.39, 0.29) is 5.82 Å². The normalized spacial score (nSPS) is 11.2. The first kappa shape index (κ1) is 12.9. The molecule has 0 aliphatic carbocycles. The van der Waals surface area contributed by atoms with Gasteiger partial charge in [-0.15, -0.1) is 5.10 Å². The van der Waals surface area contributed by atoms with E-state index >= 15 is 0 Å². The zero-order valence-electron chi connectivity index (χ0n) is 11.0. The van der Waals surface area contributed by atoms with Gasteiger partial charge in [0, 0.05) is 5.56 Å². The Balaban J connectivity index is 2.27. The molecule has 2 aromatic heterocycles. The van der Waals surface area contributed by atoms with E-state index in [1.807, 2.05) is 13.2 Å². The molecule has 0 amide bonds. The molecule has 3 rings (SSSR count). The van der Waals surface area contributed by atoms with Gasteiger partial charge >= 0.3 is 0 Å². The fourth-order valence-electron chi connectivity index (χ4n) is 2.08. The molecule has 0 unspecified atom stereocenters. The van der Waals surface area contributed by atoms with Gasteiger partial charge in [-0.05, 0) is 30.9 Å². The summed E-state index contributed by atoms with van der Waals surface area (Å²) in [6, 6.07) is 6.14. The van der Waals surface area contributed by atoms with Crippen LogP contribution in [-0.4, -0.2) is 25.8 Å². The Kier molecular flexibility index (Phi) is 3.06. The van der Waals surface area contributed by atoms with Crippen LogP contribution in [0.2, 0.25) is 0 Å². The largest absolute Gasteiger partial charge is 0.383 e. The molecule has 0 saturated heterocycles. The molecule has 2 heterocycles. The molecule has 0 saturated carbocycles. The van der Waals surface area contributed by atoms with Gasteiger partial charge in [-0.25, -0.2) is 9.37 Å². The molecule has 0 aliphatic heterocycles. The number of hydrogen-bond acceptors (Lipinski definition) is 5. The number of thioether (sulfide) groups is 1. The van der Waals surface area contributed by atoms with Crippen molar-refractivity contribution in [1.82, 2.24) is 19.6 Å². The van der Waals surface area contributed by atoms with Gasteiger partial charge in [-0.3, -0.25) is 0 Å². The van der Waals surface area contributed by atoms with E-state index in [1.165, 1.54) is 28.4 Å². The van der Waals surface area contributed by atoms with Gasteiger partial charge in [-0.2, -0.15) is 9.50 Å². The maximum absolute atomic E-state index is 13.0. The minimum absolute atomic E-state index is 0.288. The third-order valence-electron chi connectivity index (χ3n) is 3.00. The summed E-state index contributed by atoms with van der Waals surface area (Å²) in [7, 11) is 0. The van der Waals surface area contributed by atoms with E-state index in [9.17, 15) is 4.39 Å². The van der Waals surface area contributed by atoms with Gasteiger partial charge in [0.25, 0.3) is 5.78 Å². The summed E-state index contributed by atoms with van der Waals surface area (Å²) in [5.41, 5.74) is 8.46. The molecule has 0 fully saturated rings. The molecule has 102 valence electrons. The molecule has 20 heavy (non-hydrogen) atoms. The maximum atomic E-state index is 13.0. The molecule has 0 radical (unpaired) electrons. The van der Waals surface area contributed by atoms with Crippen LogP contribution in [0.4, 0.5) is 10.2 Å². The second-order valence-electron chi connectivity index (χ2n) is 4.27. The summed E-state index contributed by atoms with van der Waals surface area (Å²) in [5, 5.41) is 4.89. The fraction of sp³-hybridized carbons (Fsp3) is 0.154. The summed E-state index contributed by atoms with van der Waals surface area (Å²) < 4.78 is 14.5. The van der Waals surface area contributed by atoms with Gasteiger partial charge in [0.1, 0.15) is 11.6 Å². The molecule has 0 aliphatic rings. The molecule has 0 bridgehead atoms. The lowest BCUT2D eigenvalue weighted by molar-refractivity contribution is 0.628. The van der Waals surface area contributed by atoms with Crippen LogP contribution >= 0.6 is 11.8 Å². The number of rotatable bonds is 2. The highest BCUT2D eigenvalue weighted by atomic mass is 32.2. The third kappa shape index (κ3) is 2.00. The van der Waals surface area contributed by atoms with Crippen LogP contribution in [0.3, 0.4) is 0 Å². The van der Waals surface area contributed by atoms with Crippen LogP contribution in [0.5, 0.6) is 0 Å². The second kappa shape index (κ2) is 4.75. The van der Waals surface area contributed by atoms with E-state index in [0.717, 1.165) is 16.8 Å². The van der Waals surface area contributed by atoms with Gasteiger partial charge in [-0.1, -0.05) is 23.9 Å². The Labute approximate surface area is 119 Å². The SMILES string of the molecule is CSc1nc2nc(C)c(-c3ccc(F)cc3)c(N)n2n1. The molecule has 3 aromatic rings. The Morgan fingerprint density at radius 3 is 2.55 bits per heavy atom. The predicted octanol–water partition coefficient (Wildman–Crippen LogP) is 2.54. The Bertz CT molecular complexity index is 782. The second-order valence-corrected chi connectivity index (χ2v) is 5.05. The Morgan fingerprint density at radius 1 is 1.20 bits per heavy atom. The number of anilines is 1. The van der Waals surface area contributed by atoms with Crippen molar-refractivity contribution >= 4 is 23.4 Å². The molecule has 2 N–H and O–H groups in total. The minimum atomic E-state index is -0.288. The fourth-order valence-corrected chi connectivity index (χ4v) is 2.41. The lowest BCUT2D eigenvalue weighted by atomic mass is 10.1. The number of nitrogens with two attached hydrogens (primary N) is 1. The highest BCUT2D eigenvalue weighted by Gasteiger charge is 2.15. The van der Waals surface area contributed by atoms with Crippen molar-refractivity contribution in [3.05, 3.63) is 35.8 Å². The third-order valence-corrected chi connectivity index (χ3v) is 3.54. The van der Waals surface area contributed by atoms with E-state index < -0.39 is 0 Å².